The molecule has 0 radical (unpaired) electrons. The van der Waals surface area contributed by atoms with E-state index >= 15 is 0 Å². The Labute approximate surface area is 120 Å². The van der Waals surface area contributed by atoms with Gasteiger partial charge >= 0.3 is 0 Å². The van der Waals surface area contributed by atoms with E-state index in [-0.39, 0.29) is 17.1 Å². The summed E-state index contributed by atoms with van der Waals surface area (Å²) in [5, 5.41) is 0.624. The summed E-state index contributed by atoms with van der Waals surface area (Å²) in [7, 11) is 0. The summed E-state index contributed by atoms with van der Waals surface area (Å²) in [6.07, 6.45) is 0. The van der Waals surface area contributed by atoms with E-state index < -0.39 is 5.82 Å². The molecule has 2 aromatic carbocycles. The molecule has 0 amide bonds. The van der Waals surface area contributed by atoms with Crippen LogP contribution in [0.4, 0.5) is 4.39 Å². The quantitative estimate of drug-likeness (QED) is 0.597. The zero-order valence-electron chi connectivity index (χ0n) is 10.3. The number of hydrogen-bond acceptors (Lipinski definition) is 2. The van der Waals surface area contributed by atoms with Crippen LogP contribution in [0.1, 0.15) is 15.9 Å². The van der Waals surface area contributed by atoms with Crippen molar-refractivity contribution < 1.29 is 9.18 Å². The standard InChI is InChI=1S/C15H12ClFOS/c1-10-5-6-14(17)13(7-10)15(18)9-19-12-4-2-3-11(16)8-12/h2-8H,9H2,1H3. The van der Waals surface area contributed by atoms with Crippen molar-refractivity contribution in [1.29, 1.82) is 0 Å². The fraction of sp³-hybridized carbons (Fsp3) is 0.133. The fourth-order valence-corrected chi connectivity index (χ4v) is 2.73. The molecule has 0 aromatic heterocycles. The molecular weight excluding hydrogens is 283 g/mol. The molecule has 1 nitrogen and oxygen atoms in total. The molecule has 0 N–H and O–H groups in total. The van der Waals surface area contributed by atoms with Crippen LogP contribution < -0.4 is 0 Å². The maximum atomic E-state index is 13.6. The lowest BCUT2D eigenvalue weighted by molar-refractivity contribution is 0.101. The highest BCUT2D eigenvalue weighted by Crippen LogP contribution is 2.23. The van der Waals surface area contributed by atoms with Gasteiger partial charge in [0.15, 0.2) is 5.78 Å². The molecule has 0 fully saturated rings. The SMILES string of the molecule is Cc1ccc(F)c(C(=O)CSc2cccc(Cl)c2)c1. The number of carbonyl (C=O) groups is 1. The Morgan fingerprint density at radius 3 is 2.79 bits per heavy atom. The van der Waals surface area contributed by atoms with E-state index in [0.717, 1.165) is 10.5 Å². The predicted octanol–water partition coefficient (Wildman–Crippen LogP) is 4.76. The molecule has 19 heavy (non-hydrogen) atoms. The van der Waals surface area contributed by atoms with Crippen molar-refractivity contribution in [2.75, 3.05) is 5.75 Å². The molecule has 98 valence electrons. The third kappa shape index (κ3) is 3.82. The summed E-state index contributed by atoms with van der Waals surface area (Å²) in [4.78, 5) is 12.9. The molecule has 0 saturated carbocycles. The van der Waals surface area contributed by atoms with Crippen LogP contribution in [0.2, 0.25) is 5.02 Å². The Morgan fingerprint density at radius 1 is 1.26 bits per heavy atom. The first-order valence-electron chi connectivity index (χ1n) is 5.74. The molecule has 0 aliphatic carbocycles. The molecule has 0 spiro atoms. The first-order chi connectivity index (χ1) is 9.06. The predicted molar refractivity (Wildman–Crippen MR) is 77.6 cm³/mol. The van der Waals surface area contributed by atoms with Crippen molar-refractivity contribution in [1.82, 2.24) is 0 Å². The second-order valence-electron chi connectivity index (χ2n) is 4.15. The molecule has 4 heteroatoms. The average Bonchev–Trinajstić information content (AvgIpc) is 2.39. The zero-order chi connectivity index (χ0) is 13.8. The van der Waals surface area contributed by atoms with Crippen LogP contribution >= 0.6 is 23.4 Å². The zero-order valence-corrected chi connectivity index (χ0v) is 11.9. The van der Waals surface area contributed by atoms with Gasteiger partial charge in [0.2, 0.25) is 0 Å². The Hall–Kier alpha value is -1.32. The largest absolute Gasteiger partial charge is 0.293 e. The minimum absolute atomic E-state index is 0.148. The van der Waals surface area contributed by atoms with Gasteiger partial charge in [0.05, 0.1) is 11.3 Å². The Balaban J connectivity index is 2.07. The number of thioether (sulfide) groups is 1. The van der Waals surface area contributed by atoms with Gasteiger partial charge in [-0.15, -0.1) is 11.8 Å². The highest BCUT2D eigenvalue weighted by molar-refractivity contribution is 8.00. The van der Waals surface area contributed by atoms with Gasteiger partial charge in [0, 0.05) is 9.92 Å². The van der Waals surface area contributed by atoms with Gasteiger partial charge in [0.1, 0.15) is 5.82 Å². The second-order valence-corrected chi connectivity index (χ2v) is 5.64. The van der Waals surface area contributed by atoms with Gasteiger partial charge < -0.3 is 0 Å². The van der Waals surface area contributed by atoms with Crippen LogP contribution in [0, 0.1) is 12.7 Å². The third-order valence-electron chi connectivity index (χ3n) is 2.59. The van der Waals surface area contributed by atoms with Gasteiger partial charge in [-0.2, -0.15) is 0 Å². The molecule has 0 aliphatic heterocycles. The molecule has 0 bridgehead atoms. The molecule has 0 atom stereocenters. The monoisotopic (exact) mass is 294 g/mol. The second kappa shape index (κ2) is 6.22. The number of Topliss-reactive ketones (excluding diaryl/α,β-unsaturated/α-hetero) is 1. The van der Waals surface area contributed by atoms with Crippen LogP contribution in [-0.4, -0.2) is 11.5 Å². The average molecular weight is 295 g/mol. The van der Waals surface area contributed by atoms with Crippen LogP contribution in [0.3, 0.4) is 0 Å². The van der Waals surface area contributed by atoms with Crippen LogP contribution in [-0.2, 0) is 0 Å². The lowest BCUT2D eigenvalue weighted by Gasteiger charge is -2.04. The maximum Gasteiger partial charge on any atom is 0.176 e. The van der Waals surface area contributed by atoms with E-state index in [1.807, 2.05) is 19.1 Å². The summed E-state index contributed by atoms with van der Waals surface area (Å²) >= 11 is 7.22. The van der Waals surface area contributed by atoms with Gasteiger partial charge in [-0.3, -0.25) is 4.79 Å². The van der Waals surface area contributed by atoms with Crippen molar-refractivity contribution >= 4 is 29.1 Å². The van der Waals surface area contributed by atoms with E-state index in [0.29, 0.717) is 5.02 Å². The molecule has 0 aliphatic rings. The van der Waals surface area contributed by atoms with Crippen molar-refractivity contribution in [3.8, 4) is 0 Å². The first-order valence-corrected chi connectivity index (χ1v) is 7.10. The van der Waals surface area contributed by atoms with Gasteiger partial charge in [-0.1, -0.05) is 29.3 Å². The fourth-order valence-electron chi connectivity index (χ4n) is 1.64. The minimum atomic E-state index is -0.470. The van der Waals surface area contributed by atoms with E-state index in [9.17, 15) is 9.18 Å². The number of halogens is 2. The Bertz CT molecular complexity index is 613. The summed E-state index contributed by atoms with van der Waals surface area (Å²) in [5.41, 5.74) is 1.02. The van der Waals surface area contributed by atoms with Gasteiger partial charge in [0.25, 0.3) is 0 Å². The Morgan fingerprint density at radius 2 is 2.05 bits per heavy atom. The van der Waals surface area contributed by atoms with E-state index in [4.69, 9.17) is 11.6 Å². The lowest BCUT2D eigenvalue weighted by atomic mass is 10.1. The van der Waals surface area contributed by atoms with Crippen molar-refractivity contribution in [2.45, 2.75) is 11.8 Å². The Kier molecular flexibility index (Phi) is 4.61. The van der Waals surface area contributed by atoms with Crippen molar-refractivity contribution in [3.05, 3.63) is 64.4 Å². The summed E-state index contributed by atoms with van der Waals surface area (Å²) < 4.78 is 13.6. The molecular formula is C15H12ClFOS. The highest BCUT2D eigenvalue weighted by atomic mass is 35.5. The summed E-state index contributed by atoms with van der Waals surface area (Å²) in [5.74, 6) is -0.491. The van der Waals surface area contributed by atoms with Gasteiger partial charge in [-0.05, 0) is 37.3 Å². The lowest BCUT2D eigenvalue weighted by Crippen LogP contribution is -2.05. The molecule has 0 saturated heterocycles. The van der Waals surface area contributed by atoms with E-state index in [1.54, 1.807) is 24.3 Å². The number of aryl methyl sites for hydroxylation is 1. The maximum absolute atomic E-state index is 13.6. The number of benzene rings is 2. The van der Waals surface area contributed by atoms with Crippen molar-refractivity contribution in [3.63, 3.8) is 0 Å². The van der Waals surface area contributed by atoms with Gasteiger partial charge in [-0.25, -0.2) is 4.39 Å². The number of rotatable bonds is 4. The summed E-state index contributed by atoms with van der Waals surface area (Å²) in [6.45, 7) is 1.83. The van der Waals surface area contributed by atoms with Crippen LogP contribution in [0.15, 0.2) is 47.4 Å². The van der Waals surface area contributed by atoms with E-state index in [2.05, 4.69) is 0 Å². The van der Waals surface area contributed by atoms with Crippen LogP contribution in [0.25, 0.3) is 0 Å². The highest BCUT2D eigenvalue weighted by Gasteiger charge is 2.12. The molecule has 2 rings (SSSR count). The number of ketones is 1. The van der Waals surface area contributed by atoms with Crippen molar-refractivity contribution in [2.24, 2.45) is 0 Å². The minimum Gasteiger partial charge on any atom is -0.293 e. The first kappa shape index (κ1) is 14.1. The topological polar surface area (TPSA) is 17.1 Å². The molecule has 0 unspecified atom stereocenters. The molecule has 0 heterocycles. The normalized spacial score (nSPS) is 10.5. The summed E-state index contributed by atoms with van der Waals surface area (Å²) in [6, 6.07) is 11.8. The number of carbonyl (C=O) groups excluding carboxylic acids is 1. The smallest absolute Gasteiger partial charge is 0.176 e. The van der Waals surface area contributed by atoms with Crippen LogP contribution in [0.5, 0.6) is 0 Å². The van der Waals surface area contributed by atoms with E-state index in [1.165, 1.54) is 17.8 Å². The third-order valence-corrected chi connectivity index (χ3v) is 3.82. The number of hydrogen-bond donors (Lipinski definition) is 0. The molecule has 2 aromatic rings.